The summed E-state index contributed by atoms with van der Waals surface area (Å²) in [5, 5.41) is 0. The average Bonchev–Trinajstić information content (AvgIpc) is 3.24. The minimum atomic E-state index is -0.510. The van der Waals surface area contributed by atoms with Crippen molar-refractivity contribution in [2.45, 2.75) is 31.6 Å². The molecule has 30 heavy (non-hydrogen) atoms. The summed E-state index contributed by atoms with van der Waals surface area (Å²) >= 11 is 0. The van der Waals surface area contributed by atoms with Crippen LogP contribution in [0.4, 0.5) is 0 Å². The Hall–Kier alpha value is -3.45. The molecule has 1 aliphatic heterocycles. The zero-order valence-electron chi connectivity index (χ0n) is 16.3. The van der Waals surface area contributed by atoms with Gasteiger partial charge in [-0.05, 0) is 30.5 Å². The van der Waals surface area contributed by atoms with E-state index in [1.807, 2.05) is 36.4 Å². The fourth-order valence-corrected chi connectivity index (χ4v) is 3.52. The molecule has 3 aromatic rings. The Morgan fingerprint density at radius 1 is 1.03 bits per heavy atom. The molecule has 2 heterocycles. The second-order valence-electron chi connectivity index (χ2n) is 7.24. The number of aromatic amines is 1. The van der Waals surface area contributed by atoms with E-state index in [0.29, 0.717) is 30.4 Å². The van der Waals surface area contributed by atoms with Crippen LogP contribution in [0.25, 0.3) is 0 Å². The van der Waals surface area contributed by atoms with E-state index in [4.69, 9.17) is 9.47 Å². The Bertz CT molecular complexity index is 1120. The Kier molecular flexibility index (Phi) is 5.90. The molecule has 0 saturated carbocycles. The van der Waals surface area contributed by atoms with Crippen molar-refractivity contribution in [2.24, 2.45) is 0 Å². The van der Waals surface area contributed by atoms with Gasteiger partial charge in [0.2, 0.25) is 0 Å². The molecule has 0 amide bonds. The van der Waals surface area contributed by atoms with Crippen LogP contribution in [0.15, 0.2) is 76.4 Å². The van der Waals surface area contributed by atoms with Gasteiger partial charge in [0.25, 0.3) is 5.56 Å². The predicted molar refractivity (Wildman–Crippen MR) is 110 cm³/mol. The number of nitrogens with one attached hydrogen (secondary N) is 1. The monoisotopic (exact) mass is 406 g/mol. The third-order valence-corrected chi connectivity index (χ3v) is 5.08. The number of hydrogen-bond acceptors (Lipinski definition) is 5. The van der Waals surface area contributed by atoms with Gasteiger partial charge < -0.3 is 9.47 Å². The smallest absolute Gasteiger partial charge is 0.338 e. The summed E-state index contributed by atoms with van der Waals surface area (Å²) in [6.45, 7) is 0.110. The molecule has 7 heteroatoms. The zero-order valence-corrected chi connectivity index (χ0v) is 16.3. The number of H-pyrrole nitrogens is 1. The van der Waals surface area contributed by atoms with Crippen molar-refractivity contribution >= 4 is 5.97 Å². The number of esters is 1. The number of rotatable bonds is 6. The van der Waals surface area contributed by atoms with E-state index in [1.54, 1.807) is 30.5 Å². The van der Waals surface area contributed by atoms with Gasteiger partial charge >= 0.3 is 11.7 Å². The van der Waals surface area contributed by atoms with Crippen molar-refractivity contribution in [3.63, 3.8) is 0 Å². The molecule has 2 atom stereocenters. The Labute approximate surface area is 172 Å². The Morgan fingerprint density at radius 3 is 2.47 bits per heavy atom. The molecule has 1 saturated heterocycles. The molecule has 0 radical (unpaired) electrons. The van der Waals surface area contributed by atoms with E-state index < -0.39 is 23.4 Å². The quantitative estimate of drug-likeness (QED) is 0.636. The lowest BCUT2D eigenvalue weighted by Gasteiger charge is -2.16. The molecule has 0 aliphatic carbocycles. The largest absolute Gasteiger partial charge is 0.459 e. The van der Waals surface area contributed by atoms with Gasteiger partial charge in [-0.3, -0.25) is 14.3 Å². The fraction of sp³-hybridized carbons (Fsp3) is 0.261. The van der Waals surface area contributed by atoms with Gasteiger partial charge in [-0.15, -0.1) is 0 Å². The summed E-state index contributed by atoms with van der Waals surface area (Å²) in [5.41, 5.74) is 1.04. The van der Waals surface area contributed by atoms with Crippen molar-refractivity contribution in [1.82, 2.24) is 9.55 Å². The molecule has 1 fully saturated rings. The van der Waals surface area contributed by atoms with Crippen molar-refractivity contribution in [2.75, 3.05) is 6.61 Å². The number of hydrogen-bond donors (Lipinski definition) is 1. The highest BCUT2D eigenvalue weighted by atomic mass is 16.6. The van der Waals surface area contributed by atoms with E-state index in [9.17, 15) is 14.4 Å². The molecule has 1 aromatic heterocycles. The second-order valence-corrected chi connectivity index (χ2v) is 7.24. The van der Waals surface area contributed by atoms with Crippen LogP contribution in [-0.4, -0.2) is 28.2 Å². The zero-order chi connectivity index (χ0) is 20.9. The Morgan fingerprint density at radius 2 is 1.73 bits per heavy atom. The standard InChI is InChI=1S/C23H22N2O5/c26-21-18(13-16-7-3-1-4-8-16)14-25(23(28)24-21)20-12-11-19(30-20)15-29-22(27)17-9-5-2-6-10-17/h1-10,14,19-20H,11-13,15H2,(H,24,26,28)/t19-,20+/m0/s1. The van der Waals surface area contributed by atoms with E-state index in [2.05, 4.69) is 4.98 Å². The molecule has 154 valence electrons. The molecule has 7 nitrogen and oxygen atoms in total. The van der Waals surface area contributed by atoms with Crippen LogP contribution < -0.4 is 11.2 Å². The lowest BCUT2D eigenvalue weighted by molar-refractivity contribution is -0.0341. The van der Waals surface area contributed by atoms with Gasteiger partial charge in [-0.1, -0.05) is 48.5 Å². The first-order valence-corrected chi connectivity index (χ1v) is 9.86. The predicted octanol–water partition coefficient (Wildman–Crippen LogP) is 2.66. The van der Waals surface area contributed by atoms with Gasteiger partial charge in [-0.2, -0.15) is 0 Å². The van der Waals surface area contributed by atoms with Gasteiger partial charge in [-0.25, -0.2) is 9.59 Å². The lowest BCUT2D eigenvalue weighted by Crippen LogP contribution is -2.34. The summed E-state index contributed by atoms with van der Waals surface area (Å²) in [4.78, 5) is 39.0. The first kappa shape index (κ1) is 19.8. The third-order valence-electron chi connectivity index (χ3n) is 5.08. The lowest BCUT2D eigenvalue weighted by atomic mass is 10.1. The number of nitrogens with zero attached hydrogens (tertiary/aromatic N) is 1. The van der Waals surface area contributed by atoms with E-state index in [-0.39, 0.29) is 12.7 Å². The molecule has 4 rings (SSSR count). The van der Waals surface area contributed by atoms with E-state index in [1.165, 1.54) is 4.57 Å². The van der Waals surface area contributed by atoms with Crippen LogP contribution in [0.1, 0.15) is 40.6 Å². The van der Waals surface area contributed by atoms with Gasteiger partial charge in [0, 0.05) is 18.2 Å². The van der Waals surface area contributed by atoms with Crippen molar-refractivity contribution in [3.05, 3.63) is 104 Å². The van der Waals surface area contributed by atoms with Crippen LogP contribution in [0.2, 0.25) is 0 Å². The maximum Gasteiger partial charge on any atom is 0.338 e. The van der Waals surface area contributed by atoms with E-state index >= 15 is 0 Å². The number of carbonyl (C=O) groups is 1. The minimum Gasteiger partial charge on any atom is -0.459 e. The van der Waals surface area contributed by atoms with Crippen LogP contribution in [0.3, 0.4) is 0 Å². The average molecular weight is 406 g/mol. The number of carbonyl (C=O) groups excluding carboxylic acids is 1. The van der Waals surface area contributed by atoms with Gasteiger partial charge in [0.05, 0.1) is 11.7 Å². The fourth-order valence-electron chi connectivity index (χ4n) is 3.52. The first-order chi connectivity index (χ1) is 14.6. The number of benzene rings is 2. The summed E-state index contributed by atoms with van der Waals surface area (Å²) < 4.78 is 12.7. The normalized spacial score (nSPS) is 18.3. The van der Waals surface area contributed by atoms with Crippen molar-refractivity contribution in [1.29, 1.82) is 0 Å². The summed E-state index contributed by atoms with van der Waals surface area (Å²) in [7, 11) is 0. The summed E-state index contributed by atoms with van der Waals surface area (Å²) in [6.07, 6.45) is 2.40. The topological polar surface area (TPSA) is 90.4 Å². The summed E-state index contributed by atoms with van der Waals surface area (Å²) in [6, 6.07) is 18.3. The molecule has 0 spiro atoms. The van der Waals surface area contributed by atoms with Crippen molar-refractivity contribution in [3.8, 4) is 0 Å². The minimum absolute atomic E-state index is 0.110. The molecule has 1 N–H and O–H groups in total. The third kappa shape index (κ3) is 4.58. The molecular weight excluding hydrogens is 384 g/mol. The number of ether oxygens (including phenoxy) is 2. The maximum absolute atomic E-state index is 12.3. The molecule has 0 bridgehead atoms. The molecule has 0 unspecified atom stereocenters. The molecule has 1 aliphatic rings. The second kappa shape index (κ2) is 8.92. The number of aromatic nitrogens is 2. The Balaban J connectivity index is 1.42. The molecule has 2 aromatic carbocycles. The van der Waals surface area contributed by atoms with Crippen molar-refractivity contribution < 1.29 is 14.3 Å². The van der Waals surface area contributed by atoms with Crippen LogP contribution >= 0.6 is 0 Å². The molecular formula is C23H22N2O5. The van der Waals surface area contributed by atoms with Gasteiger partial charge in [0.15, 0.2) is 0 Å². The van der Waals surface area contributed by atoms with Gasteiger partial charge in [0.1, 0.15) is 12.8 Å². The SMILES string of the molecule is O=C(OC[C@@H]1CC[C@H](n2cc(Cc3ccccc3)c(=O)[nH]c2=O)O1)c1ccccc1. The highest BCUT2D eigenvalue weighted by Crippen LogP contribution is 2.27. The maximum atomic E-state index is 12.3. The highest BCUT2D eigenvalue weighted by Gasteiger charge is 2.29. The highest BCUT2D eigenvalue weighted by molar-refractivity contribution is 5.89. The summed E-state index contributed by atoms with van der Waals surface area (Å²) in [5.74, 6) is -0.408. The van der Waals surface area contributed by atoms with Crippen LogP contribution in [0.5, 0.6) is 0 Å². The van der Waals surface area contributed by atoms with Crippen LogP contribution in [-0.2, 0) is 15.9 Å². The first-order valence-electron chi connectivity index (χ1n) is 9.86. The van der Waals surface area contributed by atoms with Crippen LogP contribution in [0, 0.1) is 0 Å². The van der Waals surface area contributed by atoms with E-state index in [0.717, 1.165) is 5.56 Å².